The standard InChI is InChI=1S/C61H94N6/c1-6-22-48(23-7-1)26-20-40-64-58-34-16-14-32-54(58)56-44-50(36-38-60(56)64)46-62-66(52-28-10-3-11-29-52)42-18-5-19-43-67(53-30-12-4-13-31-53)63-47-51-37-39-61-57(45-51)55-33-15-17-35-59(55)65(61)41-21-27-49-24-8-2-9-25-49/h1-2,6-9,22-25,46-47,50-61H,3-5,10-21,26-45H2/b62-46+,63-47+. The van der Waals surface area contributed by atoms with Crippen molar-refractivity contribution < 1.29 is 0 Å². The Labute approximate surface area is 409 Å². The predicted molar refractivity (Wildman–Crippen MR) is 282 cm³/mol. The van der Waals surface area contributed by atoms with Gasteiger partial charge in [-0.05, 0) is 195 Å². The van der Waals surface area contributed by atoms with Gasteiger partial charge in [0.25, 0.3) is 0 Å². The molecule has 2 heterocycles. The molecule has 6 saturated carbocycles. The Kier molecular flexibility index (Phi) is 17.5. The minimum absolute atomic E-state index is 0.652. The van der Waals surface area contributed by atoms with Crippen molar-refractivity contribution in [1.29, 1.82) is 0 Å². The van der Waals surface area contributed by atoms with Crippen molar-refractivity contribution in [2.45, 2.75) is 235 Å². The van der Waals surface area contributed by atoms with Gasteiger partial charge in [-0.25, -0.2) is 0 Å². The van der Waals surface area contributed by atoms with Crippen LogP contribution in [0.3, 0.4) is 0 Å². The molecule has 0 aromatic heterocycles. The zero-order valence-electron chi connectivity index (χ0n) is 42.3. The zero-order chi connectivity index (χ0) is 45.0. The molecule has 0 bridgehead atoms. The molecular formula is C61H94N6. The van der Waals surface area contributed by atoms with E-state index in [1.54, 1.807) is 0 Å². The molecule has 2 saturated heterocycles. The van der Waals surface area contributed by atoms with E-state index in [-0.39, 0.29) is 0 Å². The van der Waals surface area contributed by atoms with Gasteiger partial charge in [0.05, 0.1) is 0 Å². The monoisotopic (exact) mass is 911 g/mol. The van der Waals surface area contributed by atoms with E-state index in [1.165, 1.54) is 223 Å². The number of rotatable bonds is 20. The fourth-order valence-electron chi connectivity index (χ4n) is 16.5. The molecule has 10 unspecified atom stereocenters. The summed E-state index contributed by atoms with van der Waals surface area (Å²) in [5, 5.41) is 16.3. The molecular weight excluding hydrogens is 817 g/mol. The molecule has 2 aromatic rings. The highest BCUT2D eigenvalue weighted by molar-refractivity contribution is 5.61. The molecule has 6 aliphatic carbocycles. The summed E-state index contributed by atoms with van der Waals surface area (Å²) in [6.07, 6.45) is 47.5. The van der Waals surface area contributed by atoms with Gasteiger partial charge in [-0.2, -0.15) is 10.2 Å². The van der Waals surface area contributed by atoms with Gasteiger partial charge in [0.1, 0.15) is 0 Å². The summed E-state index contributed by atoms with van der Waals surface area (Å²) >= 11 is 0. The van der Waals surface area contributed by atoms with Crippen molar-refractivity contribution in [2.75, 3.05) is 26.2 Å². The number of benzene rings is 2. The van der Waals surface area contributed by atoms with Crippen LogP contribution in [0.2, 0.25) is 0 Å². The molecule has 0 N–H and O–H groups in total. The van der Waals surface area contributed by atoms with Crippen LogP contribution in [-0.4, -0.2) is 94.7 Å². The van der Waals surface area contributed by atoms with E-state index in [0.29, 0.717) is 23.9 Å². The maximum Gasteiger partial charge on any atom is 0.0470 e. The van der Waals surface area contributed by atoms with E-state index in [9.17, 15) is 0 Å². The molecule has 0 spiro atoms. The molecule has 8 aliphatic rings. The average molecular weight is 911 g/mol. The second kappa shape index (κ2) is 24.4. The van der Waals surface area contributed by atoms with Crippen LogP contribution in [0.1, 0.15) is 197 Å². The van der Waals surface area contributed by atoms with E-state index in [0.717, 1.165) is 60.9 Å². The zero-order valence-corrected chi connectivity index (χ0v) is 42.3. The van der Waals surface area contributed by atoms with E-state index in [4.69, 9.17) is 10.2 Å². The Balaban J connectivity index is 0.712. The first kappa shape index (κ1) is 48.0. The summed E-state index contributed by atoms with van der Waals surface area (Å²) < 4.78 is 0. The minimum Gasteiger partial charge on any atom is -0.297 e. The molecule has 10 rings (SSSR count). The fraction of sp³-hybridized carbons (Fsp3) is 0.770. The lowest BCUT2D eigenvalue weighted by Gasteiger charge is -2.37. The Hall–Kier alpha value is -2.70. The summed E-state index contributed by atoms with van der Waals surface area (Å²) in [6, 6.07) is 27.1. The Morgan fingerprint density at radius 1 is 0.403 bits per heavy atom. The van der Waals surface area contributed by atoms with Gasteiger partial charge >= 0.3 is 0 Å². The highest BCUT2D eigenvalue weighted by Crippen LogP contribution is 2.52. The molecule has 368 valence electrons. The number of aryl methyl sites for hydroxylation is 2. The van der Waals surface area contributed by atoms with Crippen LogP contribution >= 0.6 is 0 Å². The number of hydrogen-bond acceptors (Lipinski definition) is 6. The quantitative estimate of drug-likeness (QED) is 0.0754. The lowest BCUT2D eigenvalue weighted by molar-refractivity contribution is 0.131. The molecule has 6 heteroatoms. The number of likely N-dealkylation sites (tertiary alicyclic amines) is 2. The van der Waals surface area contributed by atoms with Crippen molar-refractivity contribution in [3.05, 3.63) is 71.8 Å². The SMILES string of the molecule is C(=N\N(CCCCCN(/N=C/C1CCC2C(C1)C1CCCCC1N2CCCc1ccccc1)C1CCCCC1)C1CCCCC1)/C1CCC2C(C1)C1CCCCC1N2CCCc1ccccc1. The summed E-state index contributed by atoms with van der Waals surface area (Å²) in [4.78, 5) is 6.10. The van der Waals surface area contributed by atoms with Crippen LogP contribution in [0.5, 0.6) is 0 Å². The van der Waals surface area contributed by atoms with Crippen LogP contribution in [0.15, 0.2) is 70.9 Å². The predicted octanol–water partition coefficient (Wildman–Crippen LogP) is 14.0. The molecule has 8 fully saturated rings. The lowest BCUT2D eigenvalue weighted by Crippen LogP contribution is -2.41. The second-order valence-corrected chi connectivity index (χ2v) is 23.8. The van der Waals surface area contributed by atoms with Crippen LogP contribution in [-0.2, 0) is 12.8 Å². The smallest absolute Gasteiger partial charge is 0.0470 e. The second-order valence-electron chi connectivity index (χ2n) is 23.8. The van der Waals surface area contributed by atoms with Crippen molar-refractivity contribution in [2.24, 2.45) is 45.7 Å². The Morgan fingerprint density at radius 3 is 1.25 bits per heavy atom. The largest absolute Gasteiger partial charge is 0.297 e. The van der Waals surface area contributed by atoms with Gasteiger partial charge in [0.2, 0.25) is 0 Å². The normalized spacial score (nSPS) is 33.1. The Morgan fingerprint density at radius 2 is 0.806 bits per heavy atom. The van der Waals surface area contributed by atoms with Crippen LogP contribution < -0.4 is 0 Å². The third-order valence-corrected chi connectivity index (χ3v) is 19.7. The van der Waals surface area contributed by atoms with Gasteiger partial charge in [-0.15, -0.1) is 0 Å². The van der Waals surface area contributed by atoms with E-state index in [2.05, 4.69) is 92.9 Å². The van der Waals surface area contributed by atoms with Gasteiger partial charge in [-0.3, -0.25) is 19.8 Å². The molecule has 10 atom stereocenters. The average Bonchev–Trinajstić information content (AvgIpc) is 3.88. The van der Waals surface area contributed by atoms with Crippen molar-refractivity contribution >= 4 is 12.4 Å². The fourth-order valence-corrected chi connectivity index (χ4v) is 16.5. The third-order valence-electron chi connectivity index (χ3n) is 19.7. The number of hydrazone groups is 2. The number of fused-ring (bicyclic) bond motifs is 6. The van der Waals surface area contributed by atoms with E-state index >= 15 is 0 Å². The Bertz CT molecular complexity index is 1660. The van der Waals surface area contributed by atoms with Crippen LogP contribution in [0, 0.1) is 35.5 Å². The first-order chi connectivity index (χ1) is 33.2. The molecule has 2 aromatic carbocycles. The van der Waals surface area contributed by atoms with Crippen LogP contribution in [0.4, 0.5) is 0 Å². The summed E-state index contributed by atoms with van der Waals surface area (Å²) in [5.74, 6) is 4.96. The molecule has 0 amide bonds. The van der Waals surface area contributed by atoms with Crippen molar-refractivity contribution in [3.63, 3.8) is 0 Å². The molecule has 2 aliphatic heterocycles. The highest BCUT2D eigenvalue weighted by atomic mass is 15.5. The van der Waals surface area contributed by atoms with Gasteiger partial charge in [0.15, 0.2) is 0 Å². The number of nitrogens with zero attached hydrogens (tertiary/aromatic N) is 6. The maximum atomic E-state index is 5.52. The van der Waals surface area contributed by atoms with E-state index < -0.39 is 0 Å². The lowest BCUT2D eigenvalue weighted by atomic mass is 9.70. The molecule has 0 radical (unpaired) electrons. The minimum atomic E-state index is 0.652. The third kappa shape index (κ3) is 12.3. The molecule has 6 nitrogen and oxygen atoms in total. The van der Waals surface area contributed by atoms with Gasteiger partial charge in [-0.1, -0.05) is 125 Å². The number of hydrogen-bond donors (Lipinski definition) is 0. The first-order valence-corrected chi connectivity index (χ1v) is 29.5. The maximum absolute atomic E-state index is 5.52. The van der Waals surface area contributed by atoms with Gasteiger partial charge < -0.3 is 0 Å². The van der Waals surface area contributed by atoms with Crippen molar-refractivity contribution in [1.82, 2.24) is 19.8 Å². The van der Waals surface area contributed by atoms with Gasteiger partial charge in [0, 0.05) is 61.8 Å². The number of unbranched alkanes of at least 4 members (excludes halogenated alkanes) is 2. The molecule has 67 heavy (non-hydrogen) atoms. The van der Waals surface area contributed by atoms with Crippen LogP contribution in [0.25, 0.3) is 0 Å². The first-order valence-electron chi connectivity index (χ1n) is 29.5. The summed E-state index contributed by atoms with van der Waals surface area (Å²) in [5.41, 5.74) is 3.02. The van der Waals surface area contributed by atoms with E-state index in [1.807, 2.05) is 0 Å². The highest BCUT2D eigenvalue weighted by Gasteiger charge is 2.52. The topological polar surface area (TPSA) is 37.7 Å². The van der Waals surface area contributed by atoms with Crippen molar-refractivity contribution in [3.8, 4) is 0 Å². The summed E-state index contributed by atoms with van der Waals surface area (Å²) in [7, 11) is 0. The summed E-state index contributed by atoms with van der Waals surface area (Å²) in [6.45, 7) is 4.88.